The van der Waals surface area contributed by atoms with Crippen molar-refractivity contribution in [2.24, 2.45) is 0 Å². The van der Waals surface area contributed by atoms with E-state index in [0.29, 0.717) is 19.9 Å². The van der Waals surface area contributed by atoms with Gasteiger partial charge in [-0.1, -0.05) is 59.8 Å². The molecule has 0 N–H and O–H groups in total. The molecule has 0 atom stereocenters. The van der Waals surface area contributed by atoms with Crippen molar-refractivity contribution < 1.29 is 4.79 Å². The molecular formula is C16H9ClINOS2. The van der Waals surface area contributed by atoms with E-state index in [1.54, 1.807) is 12.1 Å². The molecule has 3 rings (SSSR count). The Hall–Kier alpha value is -0.890. The standard InChI is InChI=1S/C16H9ClINOS2/c17-12-3-1-2-4-13(12)19-15(20)14(22-16(19)21)9-10-5-7-11(18)8-6-10/h1-9H/b14-9+. The number of benzene rings is 2. The summed E-state index contributed by atoms with van der Waals surface area (Å²) in [6.07, 6.45) is 1.85. The number of hydrogen-bond acceptors (Lipinski definition) is 3. The maximum Gasteiger partial charge on any atom is 0.270 e. The highest BCUT2D eigenvalue weighted by Gasteiger charge is 2.34. The number of nitrogens with zero attached hydrogens (tertiary/aromatic N) is 1. The fourth-order valence-corrected chi connectivity index (χ4v) is 3.88. The molecule has 1 saturated heterocycles. The zero-order valence-corrected chi connectivity index (χ0v) is 15.7. The number of thiocarbonyl (C=S) groups is 1. The molecular weight excluding hydrogens is 449 g/mol. The molecule has 2 nitrogen and oxygen atoms in total. The average molecular weight is 458 g/mol. The van der Waals surface area contributed by atoms with Gasteiger partial charge in [0.15, 0.2) is 4.32 Å². The lowest BCUT2D eigenvalue weighted by atomic mass is 10.2. The highest BCUT2D eigenvalue weighted by molar-refractivity contribution is 14.1. The normalized spacial score (nSPS) is 16.6. The zero-order valence-electron chi connectivity index (χ0n) is 11.1. The predicted octanol–water partition coefficient (Wildman–Crippen LogP) is 5.35. The van der Waals surface area contributed by atoms with Crippen molar-refractivity contribution in [3.63, 3.8) is 0 Å². The van der Waals surface area contributed by atoms with Crippen LogP contribution in [-0.4, -0.2) is 10.2 Å². The number of thioether (sulfide) groups is 1. The number of halogens is 2. The summed E-state index contributed by atoms with van der Waals surface area (Å²) in [5.41, 5.74) is 1.60. The SMILES string of the molecule is O=C1/C(=C\c2ccc(I)cc2)SC(=S)N1c1ccccc1Cl. The van der Waals surface area contributed by atoms with Crippen LogP contribution in [0.4, 0.5) is 5.69 Å². The minimum Gasteiger partial charge on any atom is -0.268 e. The van der Waals surface area contributed by atoms with Crippen molar-refractivity contribution in [1.29, 1.82) is 0 Å². The molecule has 1 amide bonds. The number of rotatable bonds is 2. The summed E-state index contributed by atoms with van der Waals surface area (Å²) in [6, 6.07) is 15.2. The smallest absolute Gasteiger partial charge is 0.268 e. The van der Waals surface area contributed by atoms with E-state index in [1.807, 2.05) is 42.5 Å². The van der Waals surface area contributed by atoms with E-state index in [2.05, 4.69) is 22.6 Å². The van der Waals surface area contributed by atoms with Crippen LogP contribution in [0.1, 0.15) is 5.56 Å². The number of para-hydroxylation sites is 1. The van der Waals surface area contributed by atoms with Crippen LogP contribution in [-0.2, 0) is 4.79 Å². The molecule has 1 fully saturated rings. The predicted molar refractivity (Wildman–Crippen MR) is 106 cm³/mol. The van der Waals surface area contributed by atoms with Crippen molar-refractivity contribution in [1.82, 2.24) is 0 Å². The van der Waals surface area contributed by atoms with Gasteiger partial charge in [-0.2, -0.15) is 0 Å². The maximum absolute atomic E-state index is 12.6. The van der Waals surface area contributed by atoms with Crippen molar-refractivity contribution in [3.8, 4) is 0 Å². The third-order valence-corrected chi connectivity index (χ3v) is 5.40. The summed E-state index contributed by atoms with van der Waals surface area (Å²) >= 11 is 15.1. The van der Waals surface area contributed by atoms with E-state index in [-0.39, 0.29) is 5.91 Å². The van der Waals surface area contributed by atoms with Gasteiger partial charge in [-0.15, -0.1) is 0 Å². The number of carbonyl (C=O) groups excluding carboxylic acids is 1. The molecule has 0 saturated carbocycles. The van der Waals surface area contributed by atoms with Crippen molar-refractivity contribution in [2.45, 2.75) is 0 Å². The van der Waals surface area contributed by atoms with Crippen LogP contribution in [0, 0.1) is 3.57 Å². The Morgan fingerprint density at radius 3 is 2.50 bits per heavy atom. The van der Waals surface area contributed by atoms with Crippen LogP contribution < -0.4 is 4.90 Å². The number of anilines is 1. The number of carbonyl (C=O) groups is 1. The van der Waals surface area contributed by atoms with Crippen LogP contribution in [0.15, 0.2) is 53.4 Å². The summed E-state index contributed by atoms with van der Waals surface area (Å²) in [4.78, 5) is 14.7. The van der Waals surface area contributed by atoms with E-state index in [9.17, 15) is 4.79 Å². The van der Waals surface area contributed by atoms with Crippen molar-refractivity contribution in [2.75, 3.05) is 4.90 Å². The van der Waals surface area contributed by atoms with Crippen LogP contribution in [0.25, 0.3) is 6.08 Å². The monoisotopic (exact) mass is 457 g/mol. The van der Waals surface area contributed by atoms with E-state index in [4.69, 9.17) is 23.8 Å². The maximum atomic E-state index is 12.6. The minimum absolute atomic E-state index is 0.137. The van der Waals surface area contributed by atoms with Gasteiger partial charge in [0.25, 0.3) is 5.91 Å². The Morgan fingerprint density at radius 1 is 1.14 bits per heavy atom. The van der Waals surface area contributed by atoms with Crippen LogP contribution in [0.5, 0.6) is 0 Å². The van der Waals surface area contributed by atoms with Gasteiger partial charge in [0.2, 0.25) is 0 Å². The second-order valence-electron chi connectivity index (χ2n) is 4.52. The lowest BCUT2D eigenvalue weighted by Crippen LogP contribution is -2.27. The zero-order chi connectivity index (χ0) is 15.7. The number of hydrogen-bond donors (Lipinski definition) is 0. The van der Waals surface area contributed by atoms with Crippen molar-refractivity contribution >= 4 is 80.2 Å². The third kappa shape index (κ3) is 3.22. The summed E-state index contributed by atoms with van der Waals surface area (Å²) < 4.78 is 1.65. The van der Waals surface area contributed by atoms with Crippen LogP contribution >= 0.6 is 58.2 Å². The first-order valence-electron chi connectivity index (χ1n) is 6.34. The molecule has 0 bridgehead atoms. The first kappa shape index (κ1) is 16.0. The summed E-state index contributed by atoms with van der Waals surface area (Å²) in [5, 5.41) is 0.509. The molecule has 2 aromatic rings. The van der Waals surface area contributed by atoms with Gasteiger partial charge >= 0.3 is 0 Å². The topological polar surface area (TPSA) is 20.3 Å². The lowest BCUT2D eigenvalue weighted by molar-refractivity contribution is -0.113. The van der Waals surface area contributed by atoms with Gasteiger partial charge < -0.3 is 0 Å². The van der Waals surface area contributed by atoms with Gasteiger partial charge in [-0.25, -0.2) is 0 Å². The lowest BCUT2D eigenvalue weighted by Gasteiger charge is -2.15. The molecule has 1 aliphatic rings. The van der Waals surface area contributed by atoms with Gasteiger partial charge in [-0.05, 0) is 58.5 Å². The van der Waals surface area contributed by atoms with Crippen LogP contribution in [0.3, 0.4) is 0 Å². The minimum atomic E-state index is -0.137. The molecule has 110 valence electrons. The van der Waals surface area contributed by atoms with E-state index < -0.39 is 0 Å². The van der Waals surface area contributed by atoms with Gasteiger partial charge in [0.05, 0.1) is 15.6 Å². The van der Waals surface area contributed by atoms with E-state index >= 15 is 0 Å². The molecule has 0 aliphatic carbocycles. The molecule has 1 heterocycles. The van der Waals surface area contributed by atoms with Gasteiger partial charge in [0.1, 0.15) is 0 Å². The van der Waals surface area contributed by atoms with Gasteiger partial charge in [-0.3, -0.25) is 9.69 Å². The Morgan fingerprint density at radius 2 is 1.82 bits per heavy atom. The molecule has 0 aromatic heterocycles. The molecule has 0 unspecified atom stereocenters. The Labute approximate surface area is 156 Å². The van der Waals surface area contributed by atoms with E-state index in [1.165, 1.54) is 16.7 Å². The van der Waals surface area contributed by atoms with Gasteiger partial charge in [0, 0.05) is 3.57 Å². The van der Waals surface area contributed by atoms with E-state index in [0.717, 1.165) is 9.13 Å². The highest BCUT2D eigenvalue weighted by atomic mass is 127. The second kappa shape index (κ2) is 6.70. The molecule has 22 heavy (non-hydrogen) atoms. The number of amides is 1. The first-order valence-corrected chi connectivity index (χ1v) is 9.02. The molecule has 1 aliphatic heterocycles. The van der Waals surface area contributed by atoms with Crippen LogP contribution in [0.2, 0.25) is 5.02 Å². The highest BCUT2D eigenvalue weighted by Crippen LogP contribution is 2.38. The molecule has 2 aromatic carbocycles. The quantitative estimate of drug-likeness (QED) is 0.344. The largest absolute Gasteiger partial charge is 0.270 e. The Kier molecular flexibility index (Phi) is 4.87. The van der Waals surface area contributed by atoms with Crippen molar-refractivity contribution in [3.05, 3.63) is 67.6 Å². The third-order valence-electron chi connectivity index (χ3n) is 3.05. The second-order valence-corrected chi connectivity index (χ2v) is 7.85. The Bertz CT molecular complexity index is 789. The Balaban J connectivity index is 1.95. The first-order chi connectivity index (χ1) is 10.6. The fourth-order valence-electron chi connectivity index (χ4n) is 2.02. The molecule has 6 heteroatoms. The summed E-state index contributed by atoms with van der Waals surface area (Å²) in [7, 11) is 0. The molecule has 0 spiro atoms. The fraction of sp³-hybridized carbons (Fsp3) is 0. The molecule has 0 radical (unpaired) electrons. The summed E-state index contributed by atoms with van der Waals surface area (Å²) in [5.74, 6) is -0.137. The average Bonchev–Trinajstić information content (AvgIpc) is 2.77. The summed E-state index contributed by atoms with van der Waals surface area (Å²) in [6.45, 7) is 0.